The second-order valence-corrected chi connectivity index (χ2v) is 8.17. The van der Waals surface area contributed by atoms with Crippen molar-refractivity contribution in [2.24, 2.45) is 0 Å². The highest BCUT2D eigenvalue weighted by atomic mass is 16.6. The SMILES string of the molecule is Cc1c(C)c2ccc(OC(=O)[C@H](Cc3ccccc3)NC(=O)OCc3ccccc3)cc2oc1=O. The molecule has 7 heteroatoms. The standard InChI is InChI=1S/C28H25NO6/c1-18-19(2)26(30)35-25-16-22(13-14-23(18)25)34-27(31)24(15-20-9-5-3-6-10-20)29-28(32)33-17-21-11-7-4-8-12-21/h3-14,16,24H,15,17H2,1-2H3,(H,29,32)/t24-/m0/s1. The van der Waals surface area contributed by atoms with Crippen molar-refractivity contribution in [1.82, 2.24) is 5.32 Å². The van der Waals surface area contributed by atoms with E-state index in [1.807, 2.05) is 67.6 Å². The molecule has 0 fully saturated rings. The summed E-state index contributed by atoms with van der Waals surface area (Å²) in [6.07, 6.45) is -0.525. The molecule has 4 aromatic rings. The summed E-state index contributed by atoms with van der Waals surface area (Å²) in [6.45, 7) is 3.61. The van der Waals surface area contributed by atoms with Crippen LogP contribution in [0.4, 0.5) is 4.79 Å². The number of benzene rings is 3. The Morgan fingerprint density at radius 3 is 2.23 bits per heavy atom. The van der Waals surface area contributed by atoms with Crippen LogP contribution in [-0.4, -0.2) is 18.1 Å². The number of aryl methyl sites for hydroxylation is 1. The lowest BCUT2D eigenvalue weighted by Crippen LogP contribution is -2.44. The van der Waals surface area contributed by atoms with Gasteiger partial charge in [0.1, 0.15) is 24.0 Å². The molecule has 0 aliphatic carbocycles. The minimum absolute atomic E-state index is 0.0717. The van der Waals surface area contributed by atoms with E-state index in [4.69, 9.17) is 13.9 Å². The second kappa shape index (κ2) is 10.7. The van der Waals surface area contributed by atoms with Crippen molar-refractivity contribution < 1.29 is 23.5 Å². The lowest BCUT2D eigenvalue weighted by atomic mass is 10.1. The van der Waals surface area contributed by atoms with Crippen molar-refractivity contribution in [3.05, 3.63) is 112 Å². The first kappa shape index (κ1) is 23.8. The van der Waals surface area contributed by atoms with Crippen molar-refractivity contribution in [3.63, 3.8) is 0 Å². The van der Waals surface area contributed by atoms with Crippen molar-refractivity contribution in [2.75, 3.05) is 0 Å². The first-order chi connectivity index (χ1) is 16.9. The maximum absolute atomic E-state index is 13.1. The summed E-state index contributed by atoms with van der Waals surface area (Å²) in [5, 5.41) is 3.36. The summed E-state index contributed by atoms with van der Waals surface area (Å²) in [5.41, 5.74) is 2.88. The molecule has 0 spiro atoms. The fourth-order valence-electron chi connectivity index (χ4n) is 3.63. The van der Waals surface area contributed by atoms with E-state index in [0.717, 1.165) is 22.1 Å². The number of fused-ring (bicyclic) bond motifs is 1. The van der Waals surface area contributed by atoms with Gasteiger partial charge in [-0.3, -0.25) is 0 Å². The normalized spacial score (nSPS) is 11.6. The van der Waals surface area contributed by atoms with Gasteiger partial charge >= 0.3 is 17.7 Å². The molecular weight excluding hydrogens is 446 g/mol. The number of hydrogen-bond donors (Lipinski definition) is 1. The molecule has 0 unspecified atom stereocenters. The van der Waals surface area contributed by atoms with Gasteiger partial charge in [-0.05, 0) is 42.7 Å². The number of rotatable bonds is 7. The van der Waals surface area contributed by atoms with Gasteiger partial charge in [0.15, 0.2) is 0 Å². The topological polar surface area (TPSA) is 94.8 Å². The Morgan fingerprint density at radius 1 is 0.886 bits per heavy atom. The molecule has 178 valence electrons. The number of nitrogens with one attached hydrogen (secondary N) is 1. The number of ether oxygens (including phenoxy) is 2. The summed E-state index contributed by atoms with van der Waals surface area (Å²) in [4.78, 5) is 37.6. The molecule has 3 aromatic carbocycles. The Hall–Kier alpha value is -4.39. The van der Waals surface area contributed by atoms with Gasteiger partial charge in [-0.1, -0.05) is 60.7 Å². The van der Waals surface area contributed by atoms with Gasteiger partial charge in [0, 0.05) is 23.4 Å². The lowest BCUT2D eigenvalue weighted by molar-refractivity contribution is -0.136. The molecule has 1 N–H and O–H groups in total. The lowest BCUT2D eigenvalue weighted by Gasteiger charge is -2.18. The molecular formula is C28H25NO6. The van der Waals surface area contributed by atoms with E-state index in [1.54, 1.807) is 19.1 Å². The minimum Gasteiger partial charge on any atom is -0.445 e. The zero-order valence-corrected chi connectivity index (χ0v) is 19.4. The molecule has 0 aliphatic heterocycles. The van der Waals surface area contributed by atoms with Crippen LogP contribution in [0.25, 0.3) is 11.0 Å². The highest BCUT2D eigenvalue weighted by Crippen LogP contribution is 2.24. The van der Waals surface area contributed by atoms with Crippen LogP contribution >= 0.6 is 0 Å². The largest absolute Gasteiger partial charge is 0.445 e. The minimum atomic E-state index is -0.997. The quantitative estimate of drug-likeness (QED) is 0.235. The average molecular weight is 472 g/mol. The maximum Gasteiger partial charge on any atom is 0.408 e. The molecule has 0 aliphatic rings. The number of hydrogen-bond acceptors (Lipinski definition) is 6. The summed E-state index contributed by atoms with van der Waals surface area (Å²) >= 11 is 0. The molecule has 0 saturated carbocycles. The van der Waals surface area contributed by atoms with E-state index in [9.17, 15) is 14.4 Å². The van der Waals surface area contributed by atoms with E-state index in [1.165, 1.54) is 6.07 Å². The molecule has 1 heterocycles. The predicted molar refractivity (Wildman–Crippen MR) is 131 cm³/mol. The molecule has 35 heavy (non-hydrogen) atoms. The van der Waals surface area contributed by atoms with Gasteiger partial charge in [-0.25, -0.2) is 14.4 Å². The number of carbonyl (C=O) groups is 2. The van der Waals surface area contributed by atoms with Crippen LogP contribution < -0.4 is 15.7 Å². The van der Waals surface area contributed by atoms with Gasteiger partial charge in [0.2, 0.25) is 0 Å². The highest BCUT2D eigenvalue weighted by molar-refractivity contribution is 5.86. The van der Waals surface area contributed by atoms with Gasteiger partial charge in [0.05, 0.1) is 0 Å². The number of amides is 1. The maximum atomic E-state index is 13.1. The van der Waals surface area contributed by atoms with Gasteiger partial charge in [-0.2, -0.15) is 0 Å². The molecule has 7 nitrogen and oxygen atoms in total. The van der Waals surface area contributed by atoms with Crippen molar-refractivity contribution in [3.8, 4) is 5.75 Å². The van der Waals surface area contributed by atoms with E-state index in [-0.39, 0.29) is 18.8 Å². The summed E-state index contributed by atoms with van der Waals surface area (Å²) in [6, 6.07) is 22.4. The van der Waals surface area contributed by atoms with Crippen molar-refractivity contribution >= 4 is 23.0 Å². The number of alkyl carbamates (subject to hydrolysis) is 1. The van der Waals surface area contributed by atoms with Crippen LogP contribution in [0, 0.1) is 13.8 Å². The Kier molecular flexibility index (Phi) is 7.26. The second-order valence-electron chi connectivity index (χ2n) is 8.17. The molecule has 1 aromatic heterocycles. The summed E-state index contributed by atoms with van der Waals surface area (Å²) in [7, 11) is 0. The van der Waals surface area contributed by atoms with Crippen LogP contribution in [0.2, 0.25) is 0 Å². The number of carbonyl (C=O) groups excluding carboxylic acids is 2. The third-order valence-corrected chi connectivity index (χ3v) is 5.72. The van der Waals surface area contributed by atoms with Crippen molar-refractivity contribution in [1.29, 1.82) is 0 Å². The fourth-order valence-corrected chi connectivity index (χ4v) is 3.63. The van der Waals surface area contributed by atoms with Crippen LogP contribution in [0.15, 0.2) is 88.1 Å². The Labute approximate surface area is 202 Å². The predicted octanol–water partition coefficient (Wildman–Crippen LogP) is 4.85. The monoisotopic (exact) mass is 471 g/mol. The zero-order chi connectivity index (χ0) is 24.8. The van der Waals surface area contributed by atoms with Gasteiger partial charge in [0.25, 0.3) is 0 Å². The summed E-state index contributed by atoms with van der Waals surface area (Å²) in [5.74, 6) is -0.470. The third kappa shape index (κ3) is 5.95. The van der Waals surface area contributed by atoms with E-state index in [2.05, 4.69) is 5.32 Å². The molecule has 0 bridgehead atoms. The molecule has 4 rings (SSSR count). The van der Waals surface area contributed by atoms with E-state index in [0.29, 0.717) is 11.1 Å². The molecule has 0 radical (unpaired) electrons. The fraction of sp³-hybridized carbons (Fsp3) is 0.179. The summed E-state index contributed by atoms with van der Waals surface area (Å²) < 4.78 is 16.2. The van der Waals surface area contributed by atoms with Crippen LogP contribution in [-0.2, 0) is 22.6 Å². The molecule has 0 saturated heterocycles. The zero-order valence-electron chi connectivity index (χ0n) is 19.4. The van der Waals surface area contributed by atoms with Gasteiger partial charge in [-0.15, -0.1) is 0 Å². The smallest absolute Gasteiger partial charge is 0.408 e. The first-order valence-electron chi connectivity index (χ1n) is 11.2. The van der Waals surface area contributed by atoms with E-state index >= 15 is 0 Å². The average Bonchev–Trinajstić information content (AvgIpc) is 2.87. The van der Waals surface area contributed by atoms with Crippen LogP contribution in [0.3, 0.4) is 0 Å². The third-order valence-electron chi connectivity index (χ3n) is 5.72. The highest BCUT2D eigenvalue weighted by Gasteiger charge is 2.24. The van der Waals surface area contributed by atoms with Crippen molar-refractivity contribution in [2.45, 2.75) is 32.9 Å². The number of esters is 1. The molecule has 1 atom stereocenters. The Bertz CT molecular complexity index is 1400. The first-order valence-corrected chi connectivity index (χ1v) is 11.2. The van der Waals surface area contributed by atoms with Crippen LogP contribution in [0.1, 0.15) is 22.3 Å². The van der Waals surface area contributed by atoms with E-state index < -0.39 is 23.7 Å². The van der Waals surface area contributed by atoms with Crippen LogP contribution in [0.5, 0.6) is 5.75 Å². The Morgan fingerprint density at radius 2 is 1.54 bits per heavy atom. The Balaban J connectivity index is 1.51. The molecule has 1 amide bonds. The van der Waals surface area contributed by atoms with Gasteiger partial charge < -0.3 is 19.2 Å².